The summed E-state index contributed by atoms with van der Waals surface area (Å²) >= 11 is 5.13. The lowest BCUT2D eigenvalue weighted by Gasteiger charge is -1.89. The van der Waals surface area contributed by atoms with Crippen LogP contribution in [0.15, 0.2) is 12.7 Å². The van der Waals surface area contributed by atoms with Crippen LogP contribution < -0.4 is 0 Å². The van der Waals surface area contributed by atoms with Crippen LogP contribution in [0.4, 0.5) is 0 Å². The van der Waals surface area contributed by atoms with E-state index in [1.165, 1.54) is 0 Å². The van der Waals surface area contributed by atoms with Crippen molar-refractivity contribution in [2.75, 3.05) is 0 Å². The molecular weight excluding hydrogens is 128 g/mol. The zero-order chi connectivity index (χ0) is 6.57. The molecule has 3 heteroatoms. The first-order valence-electron chi connectivity index (χ1n) is 1.98. The second-order valence-corrected chi connectivity index (χ2v) is 1.61. The van der Waals surface area contributed by atoms with E-state index < -0.39 is 11.2 Å². The molecular formula is C5H5ClO2. The topological polar surface area (TPSA) is 34.1 Å². The molecule has 0 rings (SSSR count). The summed E-state index contributed by atoms with van der Waals surface area (Å²) in [5, 5.41) is -1.05. The van der Waals surface area contributed by atoms with Crippen molar-refractivity contribution >= 4 is 23.7 Å². The molecule has 1 unspecified atom stereocenters. The molecule has 0 aliphatic rings. The lowest BCUT2D eigenvalue weighted by molar-refractivity contribution is -0.118. The molecule has 2 nitrogen and oxygen atoms in total. The Morgan fingerprint density at radius 1 is 1.75 bits per heavy atom. The van der Waals surface area contributed by atoms with Crippen molar-refractivity contribution in [1.82, 2.24) is 0 Å². The highest BCUT2D eigenvalue weighted by molar-refractivity contribution is 6.40. The second-order valence-electron chi connectivity index (χ2n) is 1.14. The number of halogens is 1. The summed E-state index contributed by atoms with van der Waals surface area (Å²) in [6.45, 7) is 3.14. The van der Waals surface area contributed by atoms with E-state index in [0.717, 1.165) is 6.08 Å². The summed E-state index contributed by atoms with van der Waals surface area (Å²) in [5.74, 6) is -0.457. The minimum Gasteiger partial charge on any atom is -0.301 e. The SMILES string of the molecule is C=CC(=O)C(Cl)C=O. The predicted molar refractivity (Wildman–Crippen MR) is 30.9 cm³/mol. The number of carbonyl (C=O) groups is 2. The predicted octanol–water partition coefficient (Wildman–Crippen LogP) is 0.548. The highest BCUT2D eigenvalue weighted by Crippen LogP contribution is 1.92. The maximum atomic E-state index is 10.3. The fourth-order valence-electron chi connectivity index (χ4n) is 0.180. The minimum atomic E-state index is -1.05. The normalized spacial score (nSPS) is 12.1. The largest absolute Gasteiger partial charge is 0.301 e. The molecule has 0 aliphatic carbocycles. The number of aldehydes is 1. The first-order valence-corrected chi connectivity index (χ1v) is 2.41. The lowest BCUT2D eigenvalue weighted by atomic mass is 10.3. The molecule has 0 saturated heterocycles. The summed E-state index contributed by atoms with van der Waals surface area (Å²) in [4.78, 5) is 20.0. The molecule has 0 spiro atoms. The summed E-state index contributed by atoms with van der Waals surface area (Å²) in [6, 6.07) is 0. The van der Waals surface area contributed by atoms with Gasteiger partial charge in [0.2, 0.25) is 0 Å². The summed E-state index contributed by atoms with van der Waals surface area (Å²) in [6.07, 6.45) is 1.39. The first-order chi connectivity index (χ1) is 3.72. The van der Waals surface area contributed by atoms with Crippen LogP contribution in [0, 0.1) is 0 Å². The third kappa shape index (κ3) is 1.89. The van der Waals surface area contributed by atoms with Crippen molar-refractivity contribution in [3.63, 3.8) is 0 Å². The van der Waals surface area contributed by atoms with Gasteiger partial charge in [0.15, 0.2) is 11.2 Å². The van der Waals surface area contributed by atoms with E-state index in [1.807, 2.05) is 0 Å². The van der Waals surface area contributed by atoms with Crippen LogP contribution in [0.5, 0.6) is 0 Å². The number of rotatable bonds is 3. The fourth-order valence-corrected chi connectivity index (χ4v) is 0.269. The number of hydrogen-bond acceptors (Lipinski definition) is 2. The van der Waals surface area contributed by atoms with E-state index >= 15 is 0 Å². The Kier molecular flexibility index (Phi) is 3.12. The molecule has 0 bridgehead atoms. The van der Waals surface area contributed by atoms with E-state index in [-0.39, 0.29) is 0 Å². The van der Waals surface area contributed by atoms with Crippen molar-refractivity contribution in [2.45, 2.75) is 5.38 Å². The van der Waals surface area contributed by atoms with Gasteiger partial charge in [-0.3, -0.25) is 4.79 Å². The molecule has 44 valence electrons. The van der Waals surface area contributed by atoms with Gasteiger partial charge in [0.25, 0.3) is 0 Å². The third-order valence-electron chi connectivity index (χ3n) is 0.592. The van der Waals surface area contributed by atoms with Crippen LogP contribution in [-0.4, -0.2) is 17.4 Å². The van der Waals surface area contributed by atoms with Crippen molar-refractivity contribution in [1.29, 1.82) is 0 Å². The molecule has 0 saturated carbocycles. The van der Waals surface area contributed by atoms with Gasteiger partial charge in [0, 0.05) is 0 Å². The average Bonchev–Trinajstić information content (AvgIpc) is 1.84. The van der Waals surface area contributed by atoms with Crippen molar-refractivity contribution < 1.29 is 9.59 Å². The van der Waals surface area contributed by atoms with Gasteiger partial charge in [-0.05, 0) is 6.08 Å². The molecule has 0 aromatic heterocycles. The van der Waals surface area contributed by atoms with Gasteiger partial charge in [-0.15, -0.1) is 11.6 Å². The van der Waals surface area contributed by atoms with E-state index in [9.17, 15) is 9.59 Å². The number of ketones is 1. The quantitative estimate of drug-likeness (QED) is 0.243. The van der Waals surface area contributed by atoms with E-state index in [0.29, 0.717) is 6.29 Å². The molecule has 0 heterocycles. The highest BCUT2D eigenvalue weighted by atomic mass is 35.5. The van der Waals surface area contributed by atoms with Crippen LogP contribution in [0.2, 0.25) is 0 Å². The Morgan fingerprint density at radius 2 is 2.25 bits per heavy atom. The molecule has 0 radical (unpaired) electrons. The van der Waals surface area contributed by atoms with Crippen LogP contribution >= 0.6 is 11.6 Å². The zero-order valence-corrected chi connectivity index (χ0v) is 4.89. The molecule has 1 atom stereocenters. The Balaban J connectivity index is 3.80. The Morgan fingerprint density at radius 3 is 2.38 bits per heavy atom. The smallest absolute Gasteiger partial charge is 0.180 e. The second kappa shape index (κ2) is 3.38. The van der Waals surface area contributed by atoms with Gasteiger partial charge in [-0.2, -0.15) is 0 Å². The molecule has 0 aromatic rings. The van der Waals surface area contributed by atoms with Gasteiger partial charge >= 0.3 is 0 Å². The van der Waals surface area contributed by atoms with Gasteiger partial charge < -0.3 is 4.79 Å². The van der Waals surface area contributed by atoms with E-state index in [2.05, 4.69) is 6.58 Å². The Bertz CT molecular complexity index is 120. The monoisotopic (exact) mass is 132 g/mol. The first kappa shape index (κ1) is 7.37. The molecule has 0 aliphatic heterocycles. The average molecular weight is 133 g/mol. The molecule has 0 fully saturated rings. The fraction of sp³-hybridized carbons (Fsp3) is 0.200. The van der Waals surface area contributed by atoms with Crippen LogP contribution in [0.3, 0.4) is 0 Å². The van der Waals surface area contributed by atoms with Crippen molar-refractivity contribution in [3.05, 3.63) is 12.7 Å². The minimum absolute atomic E-state index is 0.367. The van der Waals surface area contributed by atoms with E-state index in [1.54, 1.807) is 0 Å². The summed E-state index contributed by atoms with van der Waals surface area (Å²) in [5.41, 5.74) is 0. The van der Waals surface area contributed by atoms with Gasteiger partial charge in [-0.1, -0.05) is 6.58 Å². The van der Waals surface area contributed by atoms with Gasteiger partial charge in [-0.25, -0.2) is 0 Å². The van der Waals surface area contributed by atoms with Crippen LogP contribution in [-0.2, 0) is 9.59 Å². The third-order valence-corrected chi connectivity index (χ3v) is 0.910. The number of hydrogen-bond donors (Lipinski definition) is 0. The van der Waals surface area contributed by atoms with Crippen LogP contribution in [0.1, 0.15) is 0 Å². The molecule has 8 heavy (non-hydrogen) atoms. The molecule has 0 amide bonds. The zero-order valence-electron chi connectivity index (χ0n) is 4.13. The molecule has 0 aromatic carbocycles. The van der Waals surface area contributed by atoms with Crippen molar-refractivity contribution in [2.24, 2.45) is 0 Å². The van der Waals surface area contributed by atoms with Gasteiger partial charge in [0.05, 0.1) is 0 Å². The maximum absolute atomic E-state index is 10.3. The Hall–Kier alpha value is -0.630. The highest BCUT2D eigenvalue weighted by Gasteiger charge is 2.07. The number of allylic oxidation sites excluding steroid dienone is 1. The summed E-state index contributed by atoms with van der Waals surface area (Å²) in [7, 11) is 0. The van der Waals surface area contributed by atoms with Crippen molar-refractivity contribution in [3.8, 4) is 0 Å². The number of alkyl halides is 1. The Labute approximate surface area is 52.1 Å². The summed E-state index contributed by atoms with van der Waals surface area (Å²) < 4.78 is 0. The molecule has 0 N–H and O–H groups in total. The van der Waals surface area contributed by atoms with Crippen LogP contribution in [0.25, 0.3) is 0 Å². The maximum Gasteiger partial charge on any atom is 0.180 e. The van der Waals surface area contributed by atoms with Gasteiger partial charge in [0.1, 0.15) is 6.29 Å². The lowest BCUT2D eigenvalue weighted by Crippen LogP contribution is -2.11. The standard InChI is InChI=1S/C5H5ClO2/c1-2-5(8)4(6)3-7/h2-4H,1H2. The van der Waals surface area contributed by atoms with E-state index in [4.69, 9.17) is 11.6 Å². The number of carbonyl (C=O) groups excluding carboxylic acids is 2.